The zero-order chi connectivity index (χ0) is 20.9. The van der Waals surface area contributed by atoms with Gasteiger partial charge in [-0.05, 0) is 56.1 Å². The average Bonchev–Trinajstić information content (AvgIpc) is 3.26. The highest BCUT2D eigenvalue weighted by Crippen LogP contribution is 2.47. The Hall–Kier alpha value is -2.19. The molecule has 29 heavy (non-hydrogen) atoms. The number of carbonyl (C=O) groups excluding carboxylic acids is 1. The number of thioether (sulfide) groups is 1. The minimum Gasteiger partial charge on any atom is -0.345 e. The van der Waals surface area contributed by atoms with Crippen LogP contribution in [-0.4, -0.2) is 49.0 Å². The lowest BCUT2D eigenvalue weighted by Gasteiger charge is -2.46. The second-order valence-electron chi connectivity index (χ2n) is 8.48. The van der Waals surface area contributed by atoms with E-state index in [1.807, 2.05) is 12.1 Å². The zero-order valence-electron chi connectivity index (χ0n) is 17.6. The van der Waals surface area contributed by atoms with E-state index >= 15 is 0 Å². The highest BCUT2D eigenvalue weighted by Gasteiger charge is 2.50. The van der Waals surface area contributed by atoms with Gasteiger partial charge in [0.15, 0.2) is 5.96 Å². The number of amides is 1. The Kier molecular flexibility index (Phi) is 5.03. The third-order valence-corrected chi connectivity index (χ3v) is 7.54. The van der Waals surface area contributed by atoms with Crippen molar-refractivity contribution in [1.82, 2.24) is 15.6 Å². The average molecular weight is 409 g/mol. The van der Waals surface area contributed by atoms with Crippen molar-refractivity contribution in [2.45, 2.75) is 44.1 Å². The number of benzene rings is 1. The molecule has 3 unspecified atom stereocenters. The molecule has 0 aromatic heterocycles. The van der Waals surface area contributed by atoms with Crippen LogP contribution >= 0.6 is 11.8 Å². The quantitative estimate of drug-likeness (QED) is 0.668. The highest BCUT2D eigenvalue weighted by atomic mass is 32.2. The molecule has 8 heteroatoms. The summed E-state index contributed by atoms with van der Waals surface area (Å²) < 4.78 is 0. The zero-order valence-corrected chi connectivity index (χ0v) is 18.4. The Balaban J connectivity index is 1.70. The van der Waals surface area contributed by atoms with Gasteiger partial charge in [0.1, 0.15) is 7.85 Å². The molecule has 1 fully saturated rings. The summed E-state index contributed by atoms with van der Waals surface area (Å²) in [6, 6.07) is 8.51. The van der Waals surface area contributed by atoms with Gasteiger partial charge < -0.3 is 5.32 Å². The number of nitrogens with zero attached hydrogens (tertiary/aromatic N) is 2. The first-order valence-corrected chi connectivity index (χ1v) is 11.0. The summed E-state index contributed by atoms with van der Waals surface area (Å²) in [6.45, 7) is 6.26. The molecule has 0 aliphatic carbocycles. The molecule has 3 N–H and O–H groups in total. The van der Waals surface area contributed by atoms with Gasteiger partial charge in [0.2, 0.25) is 5.91 Å². The van der Waals surface area contributed by atoms with Crippen LogP contribution in [0.4, 0.5) is 5.69 Å². The Morgan fingerprint density at radius 3 is 2.52 bits per heavy atom. The molecular formula is C21H28BN5OS. The number of allylic oxidation sites excluding steroid dienone is 2. The number of nitrogens with one attached hydrogen (secondary N) is 3. The van der Waals surface area contributed by atoms with Gasteiger partial charge >= 0.3 is 0 Å². The molecule has 0 bridgehead atoms. The molecule has 3 aliphatic rings. The fourth-order valence-electron chi connectivity index (χ4n) is 4.40. The van der Waals surface area contributed by atoms with Crippen molar-refractivity contribution in [2.24, 2.45) is 0 Å². The molecule has 152 valence electrons. The molecule has 0 spiro atoms. The molecule has 3 heterocycles. The van der Waals surface area contributed by atoms with E-state index in [4.69, 9.17) is 5.41 Å². The summed E-state index contributed by atoms with van der Waals surface area (Å²) in [5.41, 5.74) is 5.98. The summed E-state index contributed by atoms with van der Waals surface area (Å²) in [7, 11) is 3.86. The van der Waals surface area contributed by atoms with Crippen LogP contribution < -0.4 is 15.8 Å². The molecule has 3 aliphatic heterocycles. The first kappa shape index (κ1) is 20.1. The number of likely N-dealkylation sites (N-methyl/N-ethyl adjacent to an activating group) is 1. The monoisotopic (exact) mass is 409 g/mol. The number of hydrogen-bond acceptors (Lipinski definition) is 5. The lowest BCUT2D eigenvalue weighted by atomic mass is 9.76. The van der Waals surface area contributed by atoms with E-state index in [1.165, 1.54) is 10.6 Å². The van der Waals surface area contributed by atoms with Gasteiger partial charge in [-0.2, -0.15) is 0 Å². The van der Waals surface area contributed by atoms with Crippen molar-refractivity contribution in [2.75, 3.05) is 17.8 Å². The molecule has 4 rings (SSSR count). The van der Waals surface area contributed by atoms with E-state index in [1.54, 1.807) is 18.8 Å². The summed E-state index contributed by atoms with van der Waals surface area (Å²) in [5, 5.41) is 13.7. The first-order valence-electron chi connectivity index (χ1n) is 10.0. The van der Waals surface area contributed by atoms with Crippen LogP contribution in [0.25, 0.3) is 0 Å². The van der Waals surface area contributed by atoms with Crippen molar-refractivity contribution < 1.29 is 4.79 Å². The van der Waals surface area contributed by atoms with Gasteiger partial charge in [-0.25, -0.2) is 5.43 Å². The summed E-state index contributed by atoms with van der Waals surface area (Å²) >= 11 is 1.79. The van der Waals surface area contributed by atoms with Crippen LogP contribution in [0.3, 0.4) is 0 Å². The van der Waals surface area contributed by atoms with E-state index in [0.717, 1.165) is 21.9 Å². The van der Waals surface area contributed by atoms with E-state index in [2.05, 4.69) is 68.7 Å². The fourth-order valence-corrected chi connectivity index (χ4v) is 5.74. The summed E-state index contributed by atoms with van der Waals surface area (Å²) in [4.78, 5) is 15.9. The smallest absolute Gasteiger partial charge is 0.239 e. The van der Waals surface area contributed by atoms with Gasteiger partial charge in [0.25, 0.3) is 0 Å². The maximum atomic E-state index is 13.3. The number of anilines is 1. The number of hydrazine groups is 1. The number of carbonyl (C=O) groups is 1. The third kappa shape index (κ3) is 3.38. The molecule has 0 radical (unpaired) electrons. The first-order chi connectivity index (χ1) is 13.7. The van der Waals surface area contributed by atoms with Crippen LogP contribution in [0, 0.1) is 5.41 Å². The second-order valence-corrected chi connectivity index (χ2v) is 9.54. The minimum absolute atomic E-state index is 0.0472. The van der Waals surface area contributed by atoms with E-state index in [-0.39, 0.29) is 17.8 Å². The lowest BCUT2D eigenvalue weighted by Crippen LogP contribution is -2.64. The SMILES string of the molecule is BC1C=C([C@@]2(C)NC(=N)N(C)C(=O)C2c2ccc(N3NC(C)C=C3C)cc2)SC1. The molecule has 1 aromatic carbocycles. The van der Waals surface area contributed by atoms with Crippen LogP contribution in [-0.2, 0) is 4.79 Å². The number of guanidine groups is 1. The number of hydrogen-bond donors (Lipinski definition) is 3. The molecular weight excluding hydrogens is 381 g/mol. The Morgan fingerprint density at radius 2 is 1.97 bits per heavy atom. The topological polar surface area (TPSA) is 71.5 Å². The number of rotatable bonds is 3. The van der Waals surface area contributed by atoms with Crippen molar-refractivity contribution in [1.29, 1.82) is 5.41 Å². The minimum atomic E-state index is -0.617. The third-order valence-electron chi connectivity index (χ3n) is 5.98. The van der Waals surface area contributed by atoms with E-state index in [0.29, 0.717) is 11.9 Å². The maximum absolute atomic E-state index is 13.3. The molecule has 1 aromatic rings. The van der Waals surface area contributed by atoms with Crippen LogP contribution in [0.15, 0.2) is 47.0 Å². The van der Waals surface area contributed by atoms with Gasteiger partial charge in [0, 0.05) is 23.7 Å². The highest BCUT2D eigenvalue weighted by molar-refractivity contribution is 8.03. The molecule has 0 saturated carbocycles. The largest absolute Gasteiger partial charge is 0.345 e. The summed E-state index contributed by atoms with van der Waals surface area (Å²) in [5.74, 6) is 1.21. The van der Waals surface area contributed by atoms with Crippen molar-refractivity contribution in [3.8, 4) is 0 Å². The van der Waals surface area contributed by atoms with E-state index < -0.39 is 5.54 Å². The predicted molar refractivity (Wildman–Crippen MR) is 123 cm³/mol. The van der Waals surface area contributed by atoms with E-state index in [9.17, 15) is 4.79 Å². The normalized spacial score (nSPS) is 32.3. The molecule has 6 nitrogen and oxygen atoms in total. The van der Waals surface area contributed by atoms with Gasteiger partial charge in [-0.1, -0.05) is 18.2 Å². The van der Waals surface area contributed by atoms with Crippen molar-refractivity contribution in [3.63, 3.8) is 0 Å². The lowest BCUT2D eigenvalue weighted by molar-refractivity contribution is -0.130. The van der Waals surface area contributed by atoms with Gasteiger partial charge in [-0.3, -0.25) is 20.1 Å². The molecule has 1 amide bonds. The van der Waals surface area contributed by atoms with Crippen LogP contribution in [0.2, 0.25) is 5.82 Å². The van der Waals surface area contributed by atoms with Gasteiger partial charge in [-0.15, -0.1) is 11.8 Å². The van der Waals surface area contributed by atoms with Gasteiger partial charge in [0.05, 0.1) is 17.1 Å². The standard InChI is InChI=1S/C21H28BN5OS/c1-12-9-13(2)27(25-12)16-7-5-14(6-8-16)18-19(28)26(4)20(23)24-21(18,3)17-10-15(22)11-29-17/h5-10,12,15,18,25H,11,22H2,1-4H3,(H2,23,24)/t12?,15?,18?,21-/m1/s1. The predicted octanol–water partition coefficient (Wildman–Crippen LogP) is 2.19. The van der Waals surface area contributed by atoms with Crippen molar-refractivity contribution in [3.05, 3.63) is 52.6 Å². The molecule has 4 atom stereocenters. The second kappa shape index (κ2) is 7.25. The fraction of sp³-hybridized carbons (Fsp3) is 0.429. The Bertz CT molecular complexity index is 914. The summed E-state index contributed by atoms with van der Waals surface area (Å²) in [6.07, 6.45) is 4.43. The van der Waals surface area contributed by atoms with Crippen LogP contribution in [0.1, 0.15) is 32.3 Å². The Morgan fingerprint density at radius 1 is 1.28 bits per heavy atom. The Labute approximate surface area is 177 Å². The maximum Gasteiger partial charge on any atom is 0.239 e. The molecule has 1 saturated heterocycles. The van der Waals surface area contributed by atoms with Crippen molar-refractivity contribution >= 4 is 37.2 Å². The van der Waals surface area contributed by atoms with Crippen LogP contribution in [0.5, 0.6) is 0 Å².